The number of aliphatic hydroxyl groups is 1. The molecule has 94 valence electrons. The molecular weight excluding hydrogens is 230 g/mol. The lowest BCUT2D eigenvalue weighted by Gasteiger charge is -2.29. The number of hydrogen-bond donors (Lipinski definition) is 1. The summed E-state index contributed by atoms with van der Waals surface area (Å²) in [6.45, 7) is 2.63. The van der Waals surface area contributed by atoms with E-state index in [1.807, 2.05) is 0 Å². The fourth-order valence-electron chi connectivity index (χ4n) is 1.52. The number of esters is 1. The molecule has 1 N–H and O–H groups in total. The highest BCUT2D eigenvalue weighted by molar-refractivity contribution is 5.73. The zero-order chi connectivity index (χ0) is 13.2. The molecule has 2 unspecified atom stereocenters. The Morgan fingerprint density at radius 1 is 1.47 bits per heavy atom. The molecule has 2 atom stereocenters. The van der Waals surface area contributed by atoms with Gasteiger partial charge in [0.15, 0.2) is 0 Å². The highest BCUT2D eigenvalue weighted by Gasteiger charge is 2.38. The van der Waals surface area contributed by atoms with E-state index in [2.05, 4.69) is 4.74 Å². The fourth-order valence-corrected chi connectivity index (χ4v) is 1.52. The molecule has 0 spiro atoms. The Kier molecular flexibility index (Phi) is 3.83. The van der Waals surface area contributed by atoms with Gasteiger partial charge in [-0.15, -0.1) is 0 Å². The lowest BCUT2D eigenvalue weighted by atomic mass is 9.83. The van der Waals surface area contributed by atoms with Crippen LogP contribution in [-0.4, -0.2) is 18.2 Å². The topological polar surface area (TPSA) is 46.5 Å². The van der Waals surface area contributed by atoms with E-state index in [0.717, 1.165) is 25.3 Å². The van der Waals surface area contributed by atoms with Crippen LogP contribution in [0.2, 0.25) is 0 Å². The Labute approximate surface area is 98.0 Å². The third kappa shape index (κ3) is 2.61. The minimum Gasteiger partial charge on any atom is -0.469 e. The largest absolute Gasteiger partial charge is 0.469 e. The molecule has 0 amide bonds. The third-order valence-electron chi connectivity index (χ3n) is 2.87. The van der Waals surface area contributed by atoms with Crippen LogP contribution in [0.1, 0.15) is 19.4 Å². The second-order valence-electron chi connectivity index (χ2n) is 4.02. The van der Waals surface area contributed by atoms with Crippen molar-refractivity contribution in [3.63, 3.8) is 0 Å². The molecule has 3 nitrogen and oxygen atoms in total. The summed E-state index contributed by atoms with van der Waals surface area (Å²) in [6, 6.07) is 2.72. The molecular formula is C12H14F2O3. The molecule has 0 heterocycles. The van der Waals surface area contributed by atoms with Crippen LogP contribution < -0.4 is 0 Å². The normalized spacial score (nSPS) is 16.1. The molecule has 17 heavy (non-hydrogen) atoms. The Balaban J connectivity index is 3.20. The molecule has 0 radical (unpaired) electrons. The van der Waals surface area contributed by atoms with Crippen molar-refractivity contribution >= 4 is 5.97 Å². The smallest absolute Gasteiger partial charge is 0.311 e. The van der Waals surface area contributed by atoms with Crippen molar-refractivity contribution in [1.29, 1.82) is 0 Å². The summed E-state index contributed by atoms with van der Waals surface area (Å²) in [7, 11) is 1.16. The number of benzene rings is 1. The Morgan fingerprint density at radius 2 is 2.06 bits per heavy atom. The number of carbonyl (C=O) groups is 1. The molecule has 0 saturated carbocycles. The molecule has 5 heteroatoms. The number of ether oxygens (including phenoxy) is 1. The van der Waals surface area contributed by atoms with E-state index in [-0.39, 0.29) is 5.56 Å². The van der Waals surface area contributed by atoms with Gasteiger partial charge in [-0.1, -0.05) is 0 Å². The average Bonchev–Trinajstić information content (AvgIpc) is 2.30. The maximum atomic E-state index is 13.5. The van der Waals surface area contributed by atoms with Gasteiger partial charge in [-0.3, -0.25) is 4.79 Å². The summed E-state index contributed by atoms with van der Waals surface area (Å²) in [5.41, 5.74) is -2.10. The minimum absolute atomic E-state index is 0.268. The number of hydrogen-bond acceptors (Lipinski definition) is 3. The van der Waals surface area contributed by atoms with Crippen molar-refractivity contribution in [3.05, 3.63) is 35.4 Å². The van der Waals surface area contributed by atoms with Crippen molar-refractivity contribution in [3.8, 4) is 0 Å². The Morgan fingerprint density at radius 3 is 2.59 bits per heavy atom. The molecule has 0 aliphatic carbocycles. The molecule has 0 aromatic heterocycles. The molecule has 0 aliphatic rings. The minimum atomic E-state index is -1.83. The average molecular weight is 244 g/mol. The first-order valence-corrected chi connectivity index (χ1v) is 5.06. The second-order valence-corrected chi connectivity index (χ2v) is 4.02. The first-order chi connectivity index (χ1) is 7.80. The van der Waals surface area contributed by atoms with Gasteiger partial charge in [0.05, 0.1) is 13.0 Å². The highest BCUT2D eigenvalue weighted by atomic mass is 19.1. The second kappa shape index (κ2) is 4.79. The van der Waals surface area contributed by atoms with Gasteiger partial charge >= 0.3 is 5.97 Å². The maximum Gasteiger partial charge on any atom is 0.311 e. The van der Waals surface area contributed by atoms with Gasteiger partial charge in [-0.2, -0.15) is 0 Å². The van der Waals surface area contributed by atoms with Gasteiger partial charge < -0.3 is 9.84 Å². The van der Waals surface area contributed by atoms with Gasteiger partial charge in [-0.05, 0) is 32.0 Å². The SMILES string of the molecule is COC(=O)C(C)C(C)(O)c1cc(F)ccc1F. The van der Waals surface area contributed by atoms with E-state index in [4.69, 9.17) is 0 Å². The Hall–Kier alpha value is -1.49. The first-order valence-electron chi connectivity index (χ1n) is 5.06. The van der Waals surface area contributed by atoms with Crippen LogP contribution in [0.25, 0.3) is 0 Å². The summed E-state index contributed by atoms with van der Waals surface area (Å²) in [4.78, 5) is 11.3. The van der Waals surface area contributed by atoms with E-state index in [9.17, 15) is 18.7 Å². The fraction of sp³-hybridized carbons (Fsp3) is 0.417. The predicted octanol–water partition coefficient (Wildman–Crippen LogP) is 1.98. The van der Waals surface area contributed by atoms with E-state index >= 15 is 0 Å². The third-order valence-corrected chi connectivity index (χ3v) is 2.87. The predicted molar refractivity (Wildman–Crippen MR) is 57.1 cm³/mol. The summed E-state index contributed by atoms with van der Waals surface area (Å²) < 4.78 is 31.0. The molecule has 1 aromatic carbocycles. The summed E-state index contributed by atoms with van der Waals surface area (Å²) in [5, 5.41) is 10.2. The van der Waals surface area contributed by atoms with Crippen molar-refractivity contribution in [2.75, 3.05) is 7.11 Å². The van der Waals surface area contributed by atoms with Crippen LogP contribution in [0.3, 0.4) is 0 Å². The highest BCUT2D eigenvalue weighted by Crippen LogP contribution is 2.32. The first kappa shape index (κ1) is 13.6. The molecule has 0 bridgehead atoms. The zero-order valence-corrected chi connectivity index (χ0v) is 9.83. The number of methoxy groups -OCH3 is 1. The summed E-state index contributed by atoms with van der Waals surface area (Å²) in [5.74, 6) is -3.16. The van der Waals surface area contributed by atoms with Crippen LogP contribution in [0.15, 0.2) is 18.2 Å². The van der Waals surface area contributed by atoms with E-state index in [1.165, 1.54) is 13.8 Å². The van der Waals surface area contributed by atoms with Crippen molar-refractivity contribution < 1.29 is 23.4 Å². The van der Waals surface area contributed by atoms with Crippen LogP contribution >= 0.6 is 0 Å². The number of carbonyl (C=O) groups excluding carboxylic acids is 1. The van der Waals surface area contributed by atoms with Gasteiger partial charge in [0, 0.05) is 5.56 Å². The monoisotopic (exact) mass is 244 g/mol. The van der Waals surface area contributed by atoms with E-state index in [1.54, 1.807) is 0 Å². The maximum absolute atomic E-state index is 13.5. The molecule has 0 fully saturated rings. The molecule has 1 aromatic rings. The van der Waals surface area contributed by atoms with Crippen LogP contribution in [0.4, 0.5) is 8.78 Å². The zero-order valence-electron chi connectivity index (χ0n) is 9.83. The van der Waals surface area contributed by atoms with Gasteiger partial charge in [0.1, 0.15) is 17.2 Å². The lowest BCUT2D eigenvalue weighted by molar-refractivity contribution is -0.154. The van der Waals surface area contributed by atoms with Crippen molar-refractivity contribution in [2.24, 2.45) is 5.92 Å². The van der Waals surface area contributed by atoms with E-state index in [0.29, 0.717) is 0 Å². The van der Waals surface area contributed by atoms with E-state index < -0.39 is 29.1 Å². The summed E-state index contributed by atoms with van der Waals surface area (Å²) in [6.07, 6.45) is 0. The molecule has 0 aliphatic heterocycles. The Bertz CT molecular complexity index is 430. The molecule has 0 saturated heterocycles. The lowest BCUT2D eigenvalue weighted by Crippen LogP contribution is -2.36. The summed E-state index contributed by atoms with van der Waals surface area (Å²) >= 11 is 0. The van der Waals surface area contributed by atoms with Gasteiger partial charge in [0.25, 0.3) is 0 Å². The van der Waals surface area contributed by atoms with Crippen LogP contribution in [0, 0.1) is 17.6 Å². The standard InChI is InChI=1S/C12H14F2O3/c1-7(11(15)17-3)12(2,16)9-6-8(13)4-5-10(9)14/h4-7,16H,1-3H3. The van der Waals surface area contributed by atoms with Gasteiger partial charge in [0.2, 0.25) is 0 Å². The quantitative estimate of drug-likeness (QED) is 0.827. The number of halogens is 2. The molecule has 1 rings (SSSR count). The van der Waals surface area contributed by atoms with Crippen LogP contribution in [-0.2, 0) is 15.1 Å². The van der Waals surface area contributed by atoms with Crippen molar-refractivity contribution in [1.82, 2.24) is 0 Å². The van der Waals surface area contributed by atoms with Crippen molar-refractivity contribution in [2.45, 2.75) is 19.4 Å². The van der Waals surface area contributed by atoms with Crippen LogP contribution in [0.5, 0.6) is 0 Å². The number of rotatable bonds is 3. The van der Waals surface area contributed by atoms with Gasteiger partial charge in [-0.25, -0.2) is 8.78 Å².